The minimum Gasteiger partial charge on any atom is -0.486 e. The molecule has 2 heterocycles. The molecule has 2 aromatic heterocycles. The SMILES string of the molecule is CCOC(=O)c1c(-c2ccccc2)csc1NC(=O)CSc1nnc(COc2ccc(C)cc2)n1CC. The lowest BCUT2D eigenvalue weighted by molar-refractivity contribution is -0.113. The number of carbonyl (C=O) groups excluding carboxylic acids is 2. The van der Waals surface area contributed by atoms with Crippen molar-refractivity contribution < 1.29 is 19.1 Å². The number of benzene rings is 2. The number of nitrogens with one attached hydrogen (secondary N) is 1. The first-order valence-corrected chi connectivity index (χ1v) is 13.7. The molecule has 37 heavy (non-hydrogen) atoms. The molecule has 1 amide bonds. The van der Waals surface area contributed by atoms with Gasteiger partial charge in [0.05, 0.1) is 12.4 Å². The highest BCUT2D eigenvalue weighted by molar-refractivity contribution is 7.99. The number of hydrogen-bond acceptors (Lipinski definition) is 8. The molecule has 192 valence electrons. The molecule has 0 fully saturated rings. The van der Waals surface area contributed by atoms with E-state index in [1.54, 1.807) is 6.92 Å². The van der Waals surface area contributed by atoms with Crippen molar-refractivity contribution in [3.05, 3.63) is 76.9 Å². The van der Waals surface area contributed by atoms with Gasteiger partial charge >= 0.3 is 5.97 Å². The highest BCUT2D eigenvalue weighted by Gasteiger charge is 2.23. The second kappa shape index (κ2) is 12.6. The van der Waals surface area contributed by atoms with Crippen LogP contribution in [0.4, 0.5) is 5.00 Å². The maximum Gasteiger partial charge on any atom is 0.341 e. The van der Waals surface area contributed by atoms with Crippen molar-refractivity contribution in [1.29, 1.82) is 0 Å². The van der Waals surface area contributed by atoms with Crippen LogP contribution in [0, 0.1) is 6.92 Å². The Morgan fingerprint density at radius 3 is 2.51 bits per heavy atom. The summed E-state index contributed by atoms with van der Waals surface area (Å²) in [6, 6.07) is 17.4. The Morgan fingerprint density at radius 2 is 1.81 bits per heavy atom. The number of thiophene rings is 1. The van der Waals surface area contributed by atoms with E-state index < -0.39 is 5.97 Å². The zero-order valence-electron chi connectivity index (χ0n) is 20.9. The van der Waals surface area contributed by atoms with Gasteiger partial charge in [0, 0.05) is 17.5 Å². The molecule has 0 aliphatic carbocycles. The van der Waals surface area contributed by atoms with Gasteiger partial charge in [-0.15, -0.1) is 21.5 Å². The number of nitrogens with zero attached hydrogens (tertiary/aromatic N) is 3. The number of carbonyl (C=O) groups is 2. The van der Waals surface area contributed by atoms with Crippen molar-refractivity contribution in [2.75, 3.05) is 17.7 Å². The summed E-state index contributed by atoms with van der Waals surface area (Å²) in [5.41, 5.74) is 3.14. The Balaban J connectivity index is 1.42. The average Bonchev–Trinajstić information content (AvgIpc) is 3.51. The number of rotatable bonds is 11. The maximum absolute atomic E-state index is 12.8. The number of aryl methyl sites for hydroxylation is 1. The van der Waals surface area contributed by atoms with E-state index in [1.807, 2.05) is 78.4 Å². The smallest absolute Gasteiger partial charge is 0.341 e. The Hall–Kier alpha value is -3.63. The lowest BCUT2D eigenvalue weighted by atomic mass is 10.0. The minimum atomic E-state index is -0.463. The summed E-state index contributed by atoms with van der Waals surface area (Å²) < 4.78 is 13.0. The van der Waals surface area contributed by atoms with Crippen LogP contribution in [-0.4, -0.2) is 39.0 Å². The van der Waals surface area contributed by atoms with E-state index >= 15 is 0 Å². The standard InChI is InChI=1S/C27H28N4O4S2/c1-4-31-22(15-35-20-13-11-18(3)12-14-20)29-30-27(31)37-17-23(32)28-25-24(26(33)34-5-2)21(16-36-25)19-9-7-6-8-10-19/h6-14,16H,4-5,15,17H2,1-3H3,(H,28,32). The van der Waals surface area contributed by atoms with Gasteiger partial charge in [0.1, 0.15) is 22.9 Å². The number of aromatic nitrogens is 3. The zero-order valence-corrected chi connectivity index (χ0v) is 22.5. The van der Waals surface area contributed by atoms with Crippen molar-refractivity contribution in [2.24, 2.45) is 0 Å². The Bertz CT molecular complexity index is 1350. The van der Waals surface area contributed by atoms with Crippen molar-refractivity contribution >= 4 is 40.0 Å². The summed E-state index contributed by atoms with van der Waals surface area (Å²) in [6.07, 6.45) is 0. The van der Waals surface area contributed by atoms with Crippen LogP contribution in [0.1, 0.15) is 35.6 Å². The second-order valence-electron chi connectivity index (χ2n) is 8.02. The highest BCUT2D eigenvalue weighted by atomic mass is 32.2. The molecule has 2 aromatic carbocycles. The summed E-state index contributed by atoms with van der Waals surface area (Å²) in [5, 5.41) is 14.3. The molecule has 0 saturated carbocycles. The average molecular weight is 537 g/mol. The monoisotopic (exact) mass is 536 g/mol. The van der Waals surface area contributed by atoms with Gasteiger partial charge < -0.3 is 19.4 Å². The molecule has 0 aliphatic heterocycles. The fraction of sp³-hybridized carbons (Fsp3) is 0.259. The summed E-state index contributed by atoms with van der Waals surface area (Å²) >= 11 is 2.58. The van der Waals surface area contributed by atoms with Gasteiger partial charge in [-0.25, -0.2) is 4.79 Å². The topological polar surface area (TPSA) is 95.3 Å². The molecule has 1 N–H and O–H groups in total. The van der Waals surface area contributed by atoms with Gasteiger partial charge in [0.2, 0.25) is 5.91 Å². The molecule has 0 unspecified atom stereocenters. The third-order valence-corrected chi connectivity index (χ3v) is 7.30. The number of anilines is 1. The summed E-state index contributed by atoms with van der Waals surface area (Å²) in [5.74, 6) is 0.835. The Morgan fingerprint density at radius 1 is 1.05 bits per heavy atom. The number of amides is 1. The highest BCUT2D eigenvalue weighted by Crippen LogP contribution is 2.36. The lowest BCUT2D eigenvalue weighted by Gasteiger charge is -2.10. The summed E-state index contributed by atoms with van der Waals surface area (Å²) in [6.45, 7) is 6.93. The summed E-state index contributed by atoms with van der Waals surface area (Å²) in [7, 11) is 0. The molecule has 8 nitrogen and oxygen atoms in total. The van der Waals surface area contributed by atoms with E-state index in [1.165, 1.54) is 23.1 Å². The lowest BCUT2D eigenvalue weighted by Crippen LogP contribution is -2.17. The van der Waals surface area contributed by atoms with Crippen LogP contribution in [0.5, 0.6) is 5.75 Å². The number of ether oxygens (including phenoxy) is 2. The van der Waals surface area contributed by atoms with Gasteiger partial charge in [-0.3, -0.25) is 4.79 Å². The number of esters is 1. The molecule has 4 rings (SSSR count). The van der Waals surface area contributed by atoms with Crippen LogP contribution in [0.25, 0.3) is 11.1 Å². The van der Waals surface area contributed by atoms with E-state index in [0.29, 0.717) is 28.1 Å². The van der Waals surface area contributed by atoms with E-state index in [4.69, 9.17) is 9.47 Å². The summed E-state index contributed by atoms with van der Waals surface area (Å²) in [4.78, 5) is 25.6. The van der Waals surface area contributed by atoms with Crippen molar-refractivity contribution in [1.82, 2.24) is 14.8 Å². The molecule has 0 spiro atoms. The van der Waals surface area contributed by atoms with E-state index in [9.17, 15) is 9.59 Å². The molecule has 4 aromatic rings. The van der Waals surface area contributed by atoms with Gasteiger partial charge in [0.25, 0.3) is 0 Å². The molecular formula is C27H28N4O4S2. The third-order valence-electron chi connectivity index (χ3n) is 5.44. The molecule has 0 saturated heterocycles. The quantitative estimate of drug-likeness (QED) is 0.191. The predicted molar refractivity (Wildman–Crippen MR) is 146 cm³/mol. The molecular weight excluding hydrogens is 508 g/mol. The Kier molecular flexibility index (Phi) is 8.97. The van der Waals surface area contributed by atoms with Crippen molar-refractivity contribution in [3.8, 4) is 16.9 Å². The first-order valence-electron chi connectivity index (χ1n) is 11.9. The molecule has 10 heteroatoms. The maximum atomic E-state index is 12.8. The molecule has 0 radical (unpaired) electrons. The van der Waals surface area contributed by atoms with E-state index in [-0.39, 0.29) is 24.9 Å². The minimum absolute atomic E-state index is 0.109. The van der Waals surface area contributed by atoms with Crippen LogP contribution in [0.2, 0.25) is 0 Å². The third kappa shape index (κ3) is 6.58. The van der Waals surface area contributed by atoms with Gasteiger partial charge in [0.15, 0.2) is 11.0 Å². The fourth-order valence-electron chi connectivity index (χ4n) is 3.61. The van der Waals surface area contributed by atoms with E-state index in [0.717, 1.165) is 22.4 Å². The van der Waals surface area contributed by atoms with Gasteiger partial charge in [-0.05, 0) is 38.5 Å². The van der Waals surface area contributed by atoms with Crippen molar-refractivity contribution in [3.63, 3.8) is 0 Å². The number of thioether (sulfide) groups is 1. The van der Waals surface area contributed by atoms with Gasteiger partial charge in [-0.1, -0.05) is 59.8 Å². The van der Waals surface area contributed by atoms with Crippen LogP contribution >= 0.6 is 23.1 Å². The predicted octanol–water partition coefficient (Wildman–Crippen LogP) is 5.82. The van der Waals surface area contributed by atoms with Crippen molar-refractivity contribution in [2.45, 2.75) is 39.1 Å². The fourth-order valence-corrected chi connectivity index (χ4v) is 5.41. The zero-order chi connectivity index (χ0) is 26.2. The van der Waals surface area contributed by atoms with Crippen LogP contribution in [0.15, 0.2) is 65.1 Å². The first kappa shape index (κ1) is 26.4. The largest absolute Gasteiger partial charge is 0.486 e. The molecule has 0 atom stereocenters. The second-order valence-corrected chi connectivity index (χ2v) is 9.84. The van der Waals surface area contributed by atoms with Crippen LogP contribution < -0.4 is 10.1 Å². The number of hydrogen-bond donors (Lipinski definition) is 1. The van der Waals surface area contributed by atoms with Crippen LogP contribution in [-0.2, 0) is 22.7 Å². The molecule has 0 bridgehead atoms. The Labute approximate surface area is 224 Å². The van der Waals surface area contributed by atoms with E-state index in [2.05, 4.69) is 15.5 Å². The van der Waals surface area contributed by atoms with Gasteiger partial charge in [-0.2, -0.15) is 0 Å². The molecule has 0 aliphatic rings. The first-order chi connectivity index (χ1) is 18.0. The normalized spacial score (nSPS) is 10.8. The van der Waals surface area contributed by atoms with Crippen LogP contribution in [0.3, 0.4) is 0 Å².